The van der Waals surface area contributed by atoms with Crippen molar-refractivity contribution in [3.63, 3.8) is 0 Å². The largest absolute Gasteiger partial charge is 0.478 e. The quantitative estimate of drug-likeness (QED) is 0.516. The SMILES string of the molecule is Nc1cc(C(=O)O)c2scc(S)c2c1. The smallest absolute Gasteiger partial charge is 0.337 e. The summed E-state index contributed by atoms with van der Waals surface area (Å²) in [6, 6.07) is 3.20. The van der Waals surface area contributed by atoms with Crippen LogP contribution in [0.3, 0.4) is 0 Å². The summed E-state index contributed by atoms with van der Waals surface area (Å²) in [6.07, 6.45) is 0. The Morgan fingerprint density at radius 1 is 1.50 bits per heavy atom. The van der Waals surface area contributed by atoms with Crippen LogP contribution < -0.4 is 5.73 Å². The molecule has 2 rings (SSSR count). The van der Waals surface area contributed by atoms with E-state index < -0.39 is 5.97 Å². The van der Waals surface area contributed by atoms with E-state index in [9.17, 15) is 4.79 Å². The lowest BCUT2D eigenvalue weighted by Gasteiger charge is -1.99. The van der Waals surface area contributed by atoms with E-state index in [2.05, 4.69) is 12.6 Å². The van der Waals surface area contributed by atoms with Crippen LogP contribution in [0, 0.1) is 0 Å². The van der Waals surface area contributed by atoms with E-state index in [-0.39, 0.29) is 5.56 Å². The average molecular weight is 225 g/mol. The summed E-state index contributed by atoms with van der Waals surface area (Å²) in [5.74, 6) is -0.961. The van der Waals surface area contributed by atoms with E-state index in [0.717, 1.165) is 15.0 Å². The topological polar surface area (TPSA) is 63.3 Å². The minimum atomic E-state index is -0.961. The van der Waals surface area contributed by atoms with Gasteiger partial charge in [-0.3, -0.25) is 0 Å². The molecule has 0 aliphatic heterocycles. The van der Waals surface area contributed by atoms with Crippen LogP contribution in [0.2, 0.25) is 0 Å². The average Bonchev–Trinajstić information content (AvgIpc) is 2.47. The minimum absolute atomic E-state index is 0.241. The number of benzene rings is 1. The zero-order valence-corrected chi connectivity index (χ0v) is 8.73. The highest BCUT2D eigenvalue weighted by Crippen LogP contribution is 2.33. The number of nitrogen functional groups attached to an aromatic ring is 1. The standard InChI is InChI=1S/C9H7NO2S2/c10-4-1-5-7(13)3-14-8(5)6(2-4)9(11)12/h1-3,13H,10H2,(H,11,12). The number of hydrogen-bond acceptors (Lipinski definition) is 4. The molecule has 0 amide bonds. The van der Waals surface area contributed by atoms with Gasteiger partial charge in [0.1, 0.15) is 0 Å². The van der Waals surface area contributed by atoms with Gasteiger partial charge in [0.15, 0.2) is 0 Å². The van der Waals surface area contributed by atoms with Gasteiger partial charge in [0.2, 0.25) is 0 Å². The normalized spacial score (nSPS) is 10.6. The zero-order valence-electron chi connectivity index (χ0n) is 7.02. The number of carboxylic acid groups (broad SMARTS) is 1. The summed E-state index contributed by atoms with van der Waals surface area (Å²) in [4.78, 5) is 11.7. The summed E-state index contributed by atoms with van der Waals surface area (Å²) in [5, 5.41) is 11.5. The highest BCUT2D eigenvalue weighted by atomic mass is 32.1. The fourth-order valence-corrected chi connectivity index (χ4v) is 2.64. The third-order valence-electron chi connectivity index (χ3n) is 1.91. The lowest BCUT2D eigenvalue weighted by atomic mass is 10.1. The van der Waals surface area contributed by atoms with Gasteiger partial charge < -0.3 is 10.8 Å². The van der Waals surface area contributed by atoms with Crippen molar-refractivity contribution in [2.45, 2.75) is 4.90 Å². The number of anilines is 1. The van der Waals surface area contributed by atoms with Crippen LogP contribution in [0.25, 0.3) is 10.1 Å². The third kappa shape index (κ3) is 1.34. The Hall–Kier alpha value is -1.20. The monoisotopic (exact) mass is 225 g/mol. The molecule has 2 aromatic rings. The summed E-state index contributed by atoms with van der Waals surface area (Å²) >= 11 is 5.59. The lowest BCUT2D eigenvalue weighted by Crippen LogP contribution is -1.98. The number of nitrogens with two attached hydrogens (primary N) is 1. The first-order valence-corrected chi connectivity index (χ1v) is 5.15. The molecule has 1 heterocycles. The van der Waals surface area contributed by atoms with Gasteiger partial charge in [0.25, 0.3) is 0 Å². The van der Waals surface area contributed by atoms with Gasteiger partial charge in [-0.2, -0.15) is 0 Å². The molecule has 72 valence electrons. The number of carbonyl (C=O) groups is 1. The lowest BCUT2D eigenvalue weighted by molar-refractivity contribution is 0.0699. The third-order valence-corrected chi connectivity index (χ3v) is 3.48. The summed E-state index contributed by atoms with van der Waals surface area (Å²) in [7, 11) is 0. The van der Waals surface area contributed by atoms with E-state index in [4.69, 9.17) is 10.8 Å². The molecule has 0 spiro atoms. The summed E-state index contributed by atoms with van der Waals surface area (Å²) < 4.78 is 0.719. The van der Waals surface area contributed by atoms with Crippen LogP contribution in [0.5, 0.6) is 0 Å². The molecule has 0 saturated carbocycles. The molecule has 0 saturated heterocycles. The maximum absolute atomic E-state index is 10.9. The Balaban J connectivity index is 2.88. The number of fused-ring (bicyclic) bond motifs is 1. The molecule has 0 radical (unpaired) electrons. The van der Waals surface area contributed by atoms with E-state index in [0.29, 0.717) is 5.69 Å². The van der Waals surface area contributed by atoms with Gasteiger partial charge in [0, 0.05) is 21.3 Å². The van der Waals surface area contributed by atoms with Crippen molar-refractivity contribution in [3.8, 4) is 0 Å². The van der Waals surface area contributed by atoms with E-state index >= 15 is 0 Å². The molecule has 3 N–H and O–H groups in total. The predicted molar refractivity (Wildman–Crippen MR) is 60.4 cm³/mol. The Bertz CT molecular complexity index is 519. The second-order valence-electron chi connectivity index (χ2n) is 2.87. The number of hydrogen-bond donors (Lipinski definition) is 3. The van der Waals surface area contributed by atoms with E-state index in [1.165, 1.54) is 17.4 Å². The predicted octanol–water partition coefficient (Wildman–Crippen LogP) is 2.47. The molecule has 0 atom stereocenters. The number of aromatic carboxylic acids is 1. The Kier molecular flexibility index (Phi) is 2.13. The second kappa shape index (κ2) is 3.18. The number of carboxylic acids is 1. The first-order chi connectivity index (χ1) is 6.59. The first-order valence-electron chi connectivity index (χ1n) is 3.82. The fraction of sp³-hybridized carbons (Fsp3) is 0. The van der Waals surface area contributed by atoms with Crippen molar-refractivity contribution in [1.82, 2.24) is 0 Å². The second-order valence-corrected chi connectivity index (χ2v) is 4.23. The minimum Gasteiger partial charge on any atom is -0.478 e. The highest BCUT2D eigenvalue weighted by molar-refractivity contribution is 7.80. The van der Waals surface area contributed by atoms with Crippen LogP contribution in [0.1, 0.15) is 10.4 Å². The first kappa shape index (κ1) is 9.36. The number of thiophene rings is 1. The van der Waals surface area contributed by atoms with Crippen molar-refractivity contribution >= 4 is 45.7 Å². The van der Waals surface area contributed by atoms with Crippen molar-refractivity contribution < 1.29 is 9.90 Å². The fourth-order valence-electron chi connectivity index (χ4n) is 1.31. The van der Waals surface area contributed by atoms with E-state index in [1.54, 1.807) is 11.4 Å². The molecular weight excluding hydrogens is 218 g/mol. The molecule has 1 aromatic heterocycles. The molecule has 0 fully saturated rings. The summed E-state index contributed by atoms with van der Waals surface area (Å²) in [6.45, 7) is 0. The van der Waals surface area contributed by atoms with E-state index in [1.807, 2.05) is 0 Å². The van der Waals surface area contributed by atoms with Crippen LogP contribution in [-0.2, 0) is 0 Å². The van der Waals surface area contributed by atoms with Crippen molar-refractivity contribution in [1.29, 1.82) is 0 Å². The molecular formula is C9H7NO2S2. The molecule has 0 unspecified atom stereocenters. The molecule has 3 nitrogen and oxygen atoms in total. The maximum atomic E-state index is 10.9. The van der Waals surface area contributed by atoms with Crippen molar-refractivity contribution in [2.75, 3.05) is 5.73 Å². The number of rotatable bonds is 1. The van der Waals surface area contributed by atoms with Gasteiger partial charge in [-0.25, -0.2) is 4.79 Å². The van der Waals surface area contributed by atoms with Crippen LogP contribution >= 0.6 is 24.0 Å². The molecule has 14 heavy (non-hydrogen) atoms. The van der Waals surface area contributed by atoms with Gasteiger partial charge >= 0.3 is 5.97 Å². The van der Waals surface area contributed by atoms with Crippen LogP contribution in [-0.4, -0.2) is 11.1 Å². The Morgan fingerprint density at radius 3 is 2.86 bits per heavy atom. The highest BCUT2D eigenvalue weighted by Gasteiger charge is 2.12. The van der Waals surface area contributed by atoms with Gasteiger partial charge in [-0.05, 0) is 12.1 Å². The van der Waals surface area contributed by atoms with Gasteiger partial charge in [-0.15, -0.1) is 24.0 Å². The van der Waals surface area contributed by atoms with Crippen molar-refractivity contribution in [3.05, 3.63) is 23.1 Å². The Labute approximate surface area is 89.6 Å². The number of thiol groups is 1. The molecule has 0 bridgehead atoms. The zero-order chi connectivity index (χ0) is 10.3. The van der Waals surface area contributed by atoms with Crippen molar-refractivity contribution in [2.24, 2.45) is 0 Å². The Morgan fingerprint density at radius 2 is 2.21 bits per heavy atom. The van der Waals surface area contributed by atoms with Crippen LogP contribution in [0.15, 0.2) is 22.4 Å². The van der Waals surface area contributed by atoms with Gasteiger partial charge in [-0.1, -0.05) is 0 Å². The molecule has 1 aromatic carbocycles. The maximum Gasteiger partial charge on any atom is 0.337 e. The molecule has 0 aliphatic rings. The van der Waals surface area contributed by atoms with Crippen LogP contribution in [0.4, 0.5) is 5.69 Å². The van der Waals surface area contributed by atoms with Gasteiger partial charge in [0.05, 0.1) is 10.3 Å². The molecule has 0 aliphatic carbocycles. The molecule has 5 heteroatoms. The summed E-state index contributed by atoms with van der Waals surface area (Å²) in [5.41, 5.74) is 6.29.